The molecule has 2 N–H and O–H groups in total. The second-order valence-electron chi connectivity index (χ2n) is 5.72. The van der Waals surface area contributed by atoms with Crippen LogP contribution in [0, 0.1) is 5.92 Å². The molecule has 2 rings (SSSR count). The zero-order valence-electron chi connectivity index (χ0n) is 12.0. The van der Waals surface area contributed by atoms with E-state index in [4.69, 9.17) is 0 Å². The summed E-state index contributed by atoms with van der Waals surface area (Å²) in [6, 6.07) is 0.403. The van der Waals surface area contributed by atoms with Crippen LogP contribution in [0.25, 0.3) is 0 Å². The van der Waals surface area contributed by atoms with Crippen LogP contribution in [-0.2, 0) is 0 Å². The van der Waals surface area contributed by atoms with Crippen molar-refractivity contribution in [1.82, 2.24) is 15.5 Å². The van der Waals surface area contributed by atoms with Crippen LogP contribution in [0.3, 0.4) is 0 Å². The lowest BCUT2D eigenvalue weighted by atomic mass is 10.1. The largest absolute Gasteiger partial charge is 0.338 e. The van der Waals surface area contributed by atoms with Gasteiger partial charge in [-0.1, -0.05) is 6.92 Å². The van der Waals surface area contributed by atoms with Crippen LogP contribution in [0.5, 0.6) is 0 Å². The standard InChI is InChI=1S/C14H27N3OS/c1-2-6-17-7-5-12(10-17)9-15-14(18)16-13-4-3-8-19-11-13/h12-13H,2-11H2,1H3,(H2,15,16,18)/t12-,13+/m1/s1. The van der Waals surface area contributed by atoms with E-state index in [0.29, 0.717) is 12.0 Å². The van der Waals surface area contributed by atoms with Gasteiger partial charge in [0.2, 0.25) is 0 Å². The Balaban J connectivity index is 1.58. The number of carbonyl (C=O) groups is 1. The Morgan fingerprint density at radius 2 is 2.32 bits per heavy atom. The van der Waals surface area contributed by atoms with Crippen LogP contribution in [0.4, 0.5) is 4.79 Å². The summed E-state index contributed by atoms with van der Waals surface area (Å²) in [4.78, 5) is 14.3. The SMILES string of the molecule is CCCN1CC[C@H](CNC(=O)N[C@H]2CCCSC2)C1. The predicted molar refractivity (Wildman–Crippen MR) is 81.7 cm³/mol. The summed E-state index contributed by atoms with van der Waals surface area (Å²) >= 11 is 1.94. The summed E-state index contributed by atoms with van der Waals surface area (Å²) in [5.74, 6) is 2.95. The summed E-state index contributed by atoms with van der Waals surface area (Å²) < 4.78 is 0. The van der Waals surface area contributed by atoms with Gasteiger partial charge in [-0.05, 0) is 50.4 Å². The summed E-state index contributed by atoms with van der Waals surface area (Å²) in [5.41, 5.74) is 0. The summed E-state index contributed by atoms with van der Waals surface area (Å²) in [6.07, 6.45) is 4.80. The smallest absolute Gasteiger partial charge is 0.315 e. The van der Waals surface area contributed by atoms with E-state index >= 15 is 0 Å². The van der Waals surface area contributed by atoms with Crippen molar-refractivity contribution in [2.24, 2.45) is 5.92 Å². The maximum absolute atomic E-state index is 11.8. The van der Waals surface area contributed by atoms with E-state index in [2.05, 4.69) is 22.5 Å². The molecule has 0 spiro atoms. The normalized spacial score (nSPS) is 28.3. The highest BCUT2D eigenvalue weighted by Gasteiger charge is 2.22. The summed E-state index contributed by atoms with van der Waals surface area (Å²) in [5, 5.41) is 6.14. The first-order valence-corrected chi connectivity index (χ1v) is 8.78. The van der Waals surface area contributed by atoms with Crippen molar-refractivity contribution in [1.29, 1.82) is 0 Å². The minimum atomic E-state index is 0.0291. The highest BCUT2D eigenvalue weighted by molar-refractivity contribution is 7.99. The molecule has 2 fully saturated rings. The highest BCUT2D eigenvalue weighted by atomic mass is 32.2. The molecule has 0 unspecified atom stereocenters. The van der Waals surface area contributed by atoms with Crippen molar-refractivity contribution < 1.29 is 4.79 Å². The van der Waals surface area contributed by atoms with E-state index < -0.39 is 0 Å². The van der Waals surface area contributed by atoms with Gasteiger partial charge in [0.05, 0.1) is 0 Å². The fourth-order valence-electron chi connectivity index (χ4n) is 2.93. The van der Waals surface area contributed by atoms with Crippen LogP contribution in [0.2, 0.25) is 0 Å². The van der Waals surface area contributed by atoms with Gasteiger partial charge in [0.1, 0.15) is 0 Å². The molecule has 0 bridgehead atoms. The molecule has 2 saturated heterocycles. The molecule has 110 valence electrons. The molecule has 5 heteroatoms. The Hall–Kier alpha value is -0.420. The third-order valence-corrected chi connectivity index (χ3v) is 5.17. The molecule has 0 aromatic rings. The average molecular weight is 285 g/mol. The van der Waals surface area contributed by atoms with Gasteiger partial charge in [-0.3, -0.25) is 0 Å². The van der Waals surface area contributed by atoms with E-state index in [1.54, 1.807) is 0 Å². The lowest BCUT2D eigenvalue weighted by Gasteiger charge is -2.23. The quantitative estimate of drug-likeness (QED) is 0.811. The molecule has 0 saturated carbocycles. The maximum Gasteiger partial charge on any atom is 0.315 e. The van der Waals surface area contributed by atoms with Crippen molar-refractivity contribution in [3.05, 3.63) is 0 Å². The molecule has 2 amide bonds. The number of nitrogens with zero attached hydrogens (tertiary/aromatic N) is 1. The highest BCUT2D eigenvalue weighted by Crippen LogP contribution is 2.17. The lowest BCUT2D eigenvalue weighted by Crippen LogP contribution is -2.45. The average Bonchev–Trinajstić information content (AvgIpc) is 2.86. The fourth-order valence-corrected chi connectivity index (χ4v) is 4.00. The molecular formula is C14H27N3OS. The summed E-state index contributed by atoms with van der Waals surface area (Å²) in [7, 11) is 0. The topological polar surface area (TPSA) is 44.4 Å². The zero-order valence-corrected chi connectivity index (χ0v) is 12.8. The Kier molecular flexibility index (Phi) is 6.31. The van der Waals surface area contributed by atoms with Gasteiger partial charge in [-0.25, -0.2) is 4.79 Å². The number of likely N-dealkylation sites (tertiary alicyclic amines) is 1. The predicted octanol–water partition coefficient (Wildman–Crippen LogP) is 1.91. The van der Waals surface area contributed by atoms with E-state index in [-0.39, 0.29) is 6.03 Å². The molecule has 0 aromatic heterocycles. The van der Waals surface area contributed by atoms with E-state index in [1.807, 2.05) is 11.8 Å². The summed E-state index contributed by atoms with van der Waals surface area (Å²) in [6.45, 7) is 6.59. The molecule has 4 nitrogen and oxygen atoms in total. The fraction of sp³-hybridized carbons (Fsp3) is 0.929. The Bertz CT molecular complexity index is 282. The number of nitrogens with one attached hydrogen (secondary N) is 2. The van der Waals surface area contributed by atoms with Gasteiger partial charge in [0, 0.05) is 24.9 Å². The molecule has 2 aliphatic rings. The van der Waals surface area contributed by atoms with Gasteiger partial charge in [0.25, 0.3) is 0 Å². The molecule has 19 heavy (non-hydrogen) atoms. The van der Waals surface area contributed by atoms with E-state index in [0.717, 1.165) is 25.3 Å². The minimum absolute atomic E-state index is 0.0291. The Labute approximate surface area is 121 Å². The lowest BCUT2D eigenvalue weighted by molar-refractivity contribution is 0.235. The first kappa shape index (κ1) is 15.0. The van der Waals surface area contributed by atoms with Crippen LogP contribution in [0.15, 0.2) is 0 Å². The molecular weight excluding hydrogens is 258 g/mol. The maximum atomic E-state index is 11.8. The molecule has 2 heterocycles. The molecule has 0 aliphatic carbocycles. The Morgan fingerprint density at radius 3 is 3.05 bits per heavy atom. The van der Waals surface area contributed by atoms with Gasteiger partial charge in [-0.2, -0.15) is 11.8 Å². The number of carbonyl (C=O) groups excluding carboxylic acids is 1. The first-order chi connectivity index (χ1) is 9.28. The second-order valence-corrected chi connectivity index (χ2v) is 6.87. The van der Waals surface area contributed by atoms with E-state index in [1.165, 1.54) is 38.1 Å². The van der Waals surface area contributed by atoms with Crippen molar-refractivity contribution >= 4 is 17.8 Å². The van der Waals surface area contributed by atoms with Crippen LogP contribution in [0.1, 0.15) is 32.6 Å². The Morgan fingerprint density at radius 1 is 1.42 bits per heavy atom. The van der Waals surface area contributed by atoms with Crippen molar-refractivity contribution in [2.75, 3.05) is 37.7 Å². The zero-order chi connectivity index (χ0) is 13.5. The third kappa shape index (κ3) is 5.22. The molecule has 2 aliphatic heterocycles. The van der Waals surface area contributed by atoms with Crippen LogP contribution >= 0.6 is 11.8 Å². The van der Waals surface area contributed by atoms with Gasteiger partial charge >= 0.3 is 6.03 Å². The molecule has 0 aromatic carbocycles. The third-order valence-electron chi connectivity index (χ3n) is 3.96. The monoisotopic (exact) mass is 285 g/mol. The van der Waals surface area contributed by atoms with Gasteiger partial charge in [-0.15, -0.1) is 0 Å². The van der Waals surface area contributed by atoms with Crippen molar-refractivity contribution in [3.8, 4) is 0 Å². The van der Waals surface area contributed by atoms with Crippen molar-refractivity contribution in [2.45, 2.75) is 38.6 Å². The van der Waals surface area contributed by atoms with E-state index in [9.17, 15) is 4.79 Å². The molecule has 0 radical (unpaired) electrons. The first-order valence-electron chi connectivity index (χ1n) is 7.62. The number of hydrogen-bond acceptors (Lipinski definition) is 3. The second kappa shape index (κ2) is 8.00. The van der Waals surface area contributed by atoms with Gasteiger partial charge < -0.3 is 15.5 Å². The minimum Gasteiger partial charge on any atom is -0.338 e. The van der Waals surface area contributed by atoms with Gasteiger partial charge in [0.15, 0.2) is 0 Å². The van der Waals surface area contributed by atoms with Crippen molar-refractivity contribution in [3.63, 3.8) is 0 Å². The number of urea groups is 1. The number of amides is 2. The van der Waals surface area contributed by atoms with Crippen LogP contribution in [-0.4, -0.2) is 54.7 Å². The number of rotatable bonds is 5. The number of thioether (sulfide) groups is 1. The molecule has 2 atom stereocenters. The van der Waals surface area contributed by atoms with Crippen LogP contribution < -0.4 is 10.6 Å². The number of hydrogen-bond donors (Lipinski definition) is 2.